The third kappa shape index (κ3) is 8.05. The lowest BCUT2D eigenvalue weighted by atomic mass is 10.3. The van der Waals surface area contributed by atoms with E-state index in [0.29, 0.717) is 13.0 Å². The van der Waals surface area contributed by atoms with Gasteiger partial charge in [-0.3, -0.25) is 4.79 Å². The molecule has 14 heavy (non-hydrogen) atoms. The van der Waals surface area contributed by atoms with Crippen LogP contribution in [0.1, 0.15) is 47.0 Å². The number of carbonyl (C=O) groups excluding carboxylic acids is 1. The summed E-state index contributed by atoms with van der Waals surface area (Å²) in [6.45, 7) is 8.40. The fourth-order valence-electron chi connectivity index (χ4n) is 1.14. The quantitative estimate of drug-likeness (QED) is 0.470. The first-order valence-electron chi connectivity index (χ1n) is 5.37. The molecule has 84 valence electrons. The number of esters is 1. The zero-order valence-electron chi connectivity index (χ0n) is 9.71. The van der Waals surface area contributed by atoms with Crippen LogP contribution in [0.2, 0.25) is 0 Å². The predicted molar refractivity (Wildman–Crippen MR) is 56.2 cm³/mol. The fraction of sp³-hybridized carbons (Fsp3) is 0.909. The van der Waals surface area contributed by atoms with E-state index in [9.17, 15) is 4.79 Å². The minimum absolute atomic E-state index is 0.0517. The Bertz CT molecular complexity index is 155. The maximum absolute atomic E-state index is 11.2. The first-order chi connectivity index (χ1) is 6.56. The molecular formula is C11H22O3. The van der Waals surface area contributed by atoms with Crippen molar-refractivity contribution in [1.82, 2.24) is 0 Å². The van der Waals surface area contributed by atoms with Crippen LogP contribution in [0.25, 0.3) is 0 Å². The van der Waals surface area contributed by atoms with Crippen LogP contribution in [0, 0.1) is 0 Å². The monoisotopic (exact) mass is 202 g/mol. The Kier molecular flexibility index (Phi) is 7.48. The second-order valence-corrected chi connectivity index (χ2v) is 3.77. The molecule has 0 aliphatic rings. The Morgan fingerprint density at radius 1 is 1.29 bits per heavy atom. The molecule has 0 aromatic rings. The van der Waals surface area contributed by atoms with E-state index in [4.69, 9.17) is 9.47 Å². The summed E-state index contributed by atoms with van der Waals surface area (Å²) in [5.74, 6) is -0.161. The molecule has 0 spiro atoms. The van der Waals surface area contributed by atoms with E-state index in [1.165, 1.54) is 0 Å². The van der Waals surface area contributed by atoms with E-state index in [2.05, 4.69) is 6.92 Å². The van der Waals surface area contributed by atoms with Crippen LogP contribution < -0.4 is 0 Å². The Balaban J connectivity index is 3.50. The summed E-state index contributed by atoms with van der Waals surface area (Å²) < 4.78 is 10.4. The summed E-state index contributed by atoms with van der Waals surface area (Å²) in [7, 11) is 0. The summed E-state index contributed by atoms with van der Waals surface area (Å²) in [6, 6.07) is 0. The molecular weight excluding hydrogens is 180 g/mol. The van der Waals surface area contributed by atoms with Gasteiger partial charge in [-0.1, -0.05) is 13.3 Å². The molecule has 0 heterocycles. The second kappa shape index (κ2) is 7.80. The third-order valence-corrected chi connectivity index (χ3v) is 1.72. The number of unbranched alkanes of at least 4 members (excludes halogenated alkanes) is 1. The highest BCUT2D eigenvalue weighted by Crippen LogP contribution is 2.03. The van der Waals surface area contributed by atoms with E-state index >= 15 is 0 Å². The highest BCUT2D eigenvalue weighted by atomic mass is 16.5. The van der Waals surface area contributed by atoms with Gasteiger partial charge in [0.2, 0.25) is 0 Å². The summed E-state index contributed by atoms with van der Waals surface area (Å²) >= 11 is 0. The molecule has 0 N–H and O–H groups in total. The van der Waals surface area contributed by atoms with Crippen molar-refractivity contribution in [2.75, 3.05) is 6.61 Å². The van der Waals surface area contributed by atoms with Crippen LogP contribution in [-0.2, 0) is 14.3 Å². The normalized spacial score (nSPS) is 12.9. The molecule has 1 atom stereocenters. The van der Waals surface area contributed by atoms with Crippen molar-refractivity contribution in [3.8, 4) is 0 Å². The Morgan fingerprint density at radius 2 is 1.93 bits per heavy atom. The maximum atomic E-state index is 11.2. The van der Waals surface area contributed by atoms with Crippen molar-refractivity contribution in [2.24, 2.45) is 0 Å². The SMILES string of the molecule is CCCCOC(=O)CC(C)OC(C)C. The number of rotatable bonds is 7. The highest BCUT2D eigenvalue weighted by molar-refractivity contribution is 5.69. The number of hydrogen-bond donors (Lipinski definition) is 0. The molecule has 0 aromatic carbocycles. The second-order valence-electron chi connectivity index (χ2n) is 3.77. The van der Waals surface area contributed by atoms with Gasteiger partial charge >= 0.3 is 5.97 Å². The van der Waals surface area contributed by atoms with Crippen molar-refractivity contribution < 1.29 is 14.3 Å². The van der Waals surface area contributed by atoms with Gasteiger partial charge < -0.3 is 9.47 Å². The summed E-state index contributed by atoms with van der Waals surface area (Å²) in [5, 5.41) is 0. The van der Waals surface area contributed by atoms with Gasteiger partial charge in [0.1, 0.15) is 0 Å². The molecule has 0 amide bonds. The minimum Gasteiger partial charge on any atom is -0.466 e. The fourth-order valence-corrected chi connectivity index (χ4v) is 1.14. The van der Waals surface area contributed by atoms with Crippen LogP contribution in [0.4, 0.5) is 0 Å². The van der Waals surface area contributed by atoms with Gasteiger partial charge in [-0.25, -0.2) is 0 Å². The van der Waals surface area contributed by atoms with Gasteiger partial charge in [0.25, 0.3) is 0 Å². The molecule has 0 radical (unpaired) electrons. The molecule has 0 aliphatic heterocycles. The van der Waals surface area contributed by atoms with Crippen LogP contribution in [0.15, 0.2) is 0 Å². The average molecular weight is 202 g/mol. The smallest absolute Gasteiger partial charge is 0.308 e. The molecule has 0 saturated carbocycles. The largest absolute Gasteiger partial charge is 0.466 e. The standard InChI is InChI=1S/C11H22O3/c1-5-6-7-13-11(12)8-10(4)14-9(2)3/h9-10H,5-8H2,1-4H3. The summed E-state index contributed by atoms with van der Waals surface area (Å²) in [6.07, 6.45) is 2.44. The van der Waals surface area contributed by atoms with Crippen molar-refractivity contribution in [3.63, 3.8) is 0 Å². The Morgan fingerprint density at radius 3 is 2.43 bits per heavy atom. The van der Waals surface area contributed by atoms with E-state index in [1.807, 2.05) is 20.8 Å². The Hall–Kier alpha value is -0.570. The van der Waals surface area contributed by atoms with Gasteiger partial charge in [0.05, 0.1) is 25.2 Å². The van der Waals surface area contributed by atoms with Crippen LogP contribution in [0.5, 0.6) is 0 Å². The highest BCUT2D eigenvalue weighted by Gasteiger charge is 2.11. The first kappa shape index (κ1) is 13.4. The van der Waals surface area contributed by atoms with Crippen molar-refractivity contribution >= 4 is 5.97 Å². The van der Waals surface area contributed by atoms with Gasteiger partial charge in [-0.2, -0.15) is 0 Å². The molecule has 3 nitrogen and oxygen atoms in total. The lowest BCUT2D eigenvalue weighted by Gasteiger charge is -2.15. The van der Waals surface area contributed by atoms with Crippen LogP contribution in [0.3, 0.4) is 0 Å². The van der Waals surface area contributed by atoms with E-state index < -0.39 is 0 Å². The molecule has 0 fully saturated rings. The van der Waals surface area contributed by atoms with E-state index in [1.54, 1.807) is 0 Å². The minimum atomic E-state index is -0.161. The topological polar surface area (TPSA) is 35.5 Å². The maximum Gasteiger partial charge on any atom is 0.308 e. The molecule has 0 aromatic heterocycles. The molecule has 3 heteroatoms. The van der Waals surface area contributed by atoms with Crippen molar-refractivity contribution in [2.45, 2.75) is 59.2 Å². The lowest BCUT2D eigenvalue weighted by Crippen LogP contribution is -2.19. The first-order valence-corrected chi connectivity index (χ1v) is 5.37. The lowest BCUT2D eigenvalue weighted by molar-refractivity contribution is -0.147. The van der Waals surface area contributed by atoms with Gasteiger partial charge in [-0.15, -0.1) is 0 Å². The summed E-state index contributed by atoms with van der Waals surface area (Å²) in [5.41, 5.74) is 0. The number of carbonyl (C=O) groups is 1. The van der Waals surface area contributed by atoms with Crippen molar-refractivity contribution in [1.29, 1.82) is 0 Å². The van der Waals surface area contributed by atoms with Gasteiger partial charge in [0, 0.05) is 0 Å². The predicted octanol–water partition coefficient (Wildman–Crippen LogP) is 2.53. The van der Waals surface area contributed by atoms with E-state index in [-0.39, 0.29) is 18.2 Å². The molecule has 0 rings (SSSR count). The zero-order chi connectivity index (χ0) is 11.0. The summed E-state index contributed by atoms with van der Waals surface area (Å²) in [4.78, 5) is 11.2. The molecule has 0 bridgehead atoms. The van der Waals surface area contributed by atoms with Gasteiger partial charge in [0.15, 0.2) is 0 Å². The third-order valence-electron chi connectivity index (χ3n) is 1.72. The van der Waals surface area contributed by atoms with Crippen molar-refractivity contribution in [3.05, 3.63) is 0 Å². The van der Waals surface area contributed by atoms with Crippen LogP contribution in [-0.4, -0.2) is 24.8 Å². The molecule has 1 unspecified atom stereocenters. The molecule has 0 saturated heterocycles. The number of hydrogen-bond acceptors (Lipinski definition) is 3. The number of ether oxygens (including phenoxy) is 2. The Labute approximate surface area is 86.8 Å². The van der Waals surface area contributed by atoms with Crippen LogP contribution >= 0.6 is 0 Å². The van der Waals surface area contributed by atoms with Gasteiger partial charge in [-0.05, 0) is 27.2 Å². The molecule has 0 aliphatic carbocycles. The van der Waals surface area contributed by atoms with E-state index in [0.717, 1.165) is 12.8 Å². The average Bonchev–Trinajstić information content (AvgIpc) is 2.02. The zero-order valence-corrected chi connectivity index (χ0v) is 9.71.